The molecule has 0 N–H and O–H groups in total. The molecule has 0 fully saturated rings. The number of thiophene rings is 1. The highest BCUT2D eigenvalue weighted by Gasteiger charge is 2.00. The van der Waals surface area contributed by atoms with Crippen molar-refractivity contribution in [3.05, 3.63) is 46.3 Å². The van der Waals surface area contributed by atoms with Crippen LogP contribution in [-0.4, -0.2) is 0 Å². The molecule has 2 rings (SSSR count). The van der Waals surface area contributed by atoms with Gasteiger partial charge in [-0.05, 0) is 41.1 Å². The molecule has 14 heavy (non-hydrogen) atoms. The van der Waals surface area contributed by atoms with Gasteiger partial charge in [0, 0.05) is 9.90 Å². The molecule has 0 amide bonds. The molecule has 72 valence electrons. The maximum Gasteiger partial charge on any atom is 0.0406 e. The topological polar surface area (TPSA) is 0 Å². The van der Waals surface area contributed by atoms with Crippen molar-refractivity contribution in [2.24, 2.45) is 0 Å². The second-order valence-electron chi connectivity index (χ2n) is 3.18. The zero-order chi connectivity index (χ0) is 9.97. The fraction of sp³-hybridized carbons (Fsp3) is 0.167. The zero-order valence-corrected chi connectivity index (χ0v) is 9.53. The number of hydrogen-bond acceptors (Lipinski definition) is 1. The first-order chi connectivity index (χ1) is 6.79. The van der Waals surface area contributed by atoms with Gasteiger partial charge in [0.1, 0.15) is 0 Å². The van der Waals surface area contributed by atoms with Crippen LogP contribution < -0.4 is 0 Å². The van der Waals surface area contributed by atoms with Crippen LogP contribution in [0.1, 0.15) is 12.5 Å². The van der Waals surface area contributed by atoms with E-state index in [9.17, 15) is 0 Å². The van der Waals surface area contributed by atoms with Gasteiger partial charge >= 0.3 is 0 Å². The molecule has 0 saturated heterocycles. The first kappa shape index (κ1) is 9.75. The summed E-state index contributed by atoms with van der Waals surface area (Å²) in [6, 6.07) is 10.2. The SMILES string of the molecule is CCc1csc(-c2ccc(Cl)cc2)c1. The molecule has 0 saturated carbocycles. The van der Waals surface area contributed by atoms with Crippen LogP contribution in [0.15, 0.2) is 35.7 Å². The lowest BCUT2D eigenvalue weighted by molar-refractivity contribution is 1.16. The summed E-state index contributed by atoms with van der Waals surface area (Å²) in [5, 5.41) is 3.00. The number of rotatable bonds is 2. The Morgan fingerprint density at radius 2 is 1.93 bits per heavy atom. The maximum absolute atomic E-state index is 5.84. The Morgan fingerprint density at radius 3 is 2.50 bits per heavy atom. The largest absolute Gasteiger partial charge is 0.144 e. The summed E-state index contributed by atoms with van der Waals surface area (Å²) in [4.78, 5) is 1.32. The third kappa shape index (κ3) is 1.99. The molecule has 2 aromatic rings. The van der Waals surface area contributed by atoms with Crippen molar-refractivity contribution in [1.82, 2.24) is 0 Å². The Balaban J connectivity index is 2.34. The average molecular weight is 223 g/mol. The van der Waals surface area contributed by atoms with E-state index in [2.05, 4.69) is 30.5 Å². The Labute approximate surface area is 93.2 Å². The van der Waals surface area contributed by atoms with Gasteiger partial charge in [-0.1, -0.05) is 30.7 Å². The fourth-order valence-electron chi connectivity index (χ4n) is 1.33. The van der Waals surface area contributed by atoms with Crippen molar-refractivity contribution in [3.8, 4) is 10.4 Å². The van der Waals surface area contributed by atoms with E-state index in [4.69, 9.17) is 11.6 Å². The van der Waals surface area contributed by atoms with Crippen LogP contribution in [0.2, 0.25) is 5.02 Å². The molecule has 0 aliphatic heterocycles. The Hall–Kier alpha value is -0.790. The summed E-state index contributed by atoms with van der Waals surface area (Å²) in [5.41, 5.74) is 2.65. The summed E-state index contributed by atoms with van der Waals surface area (Å²) in [5.74, 6) is 0. The van der Waals surface area contributed by atoms with Crippen LogP contribution in [0.5, 0.6) is 0 Å². The van der Waals surface area contributed by atoms with Gasteiger partial charge in [-0.2, -0.15) is 0 Å². The quantitative estimate of drug-likeness (QED) is 0.695. The molecule has 2 heteroatoms. The lowest BCUT2D eigenvalue weighted by Crippen LogP contribution is -1.72. The van der Waals surface area contributed by atoms with E-state index in [1.807, 2.05) is 12.1 Å². The van der Waals surface area contributed by atoms with E-state index in [0.717, 1.165) is 11.4 Å². The van der Waals surface area contributed by atoms with Crippen molar-refractivity contribution < 1.29 is 0 Å². The highest BCUT2D eigenvalue weighted by Crippen LogP contribution is 2.28. The molecule has 1 aromatic heterocycles. The summed E-state index contributed by atoms with van der Waals surface area (Å²) in [6.45, 7) is 2.17. The molecule has 1 heterocycles. The number of aryl methyl sites for hydroxylation is 1. The Morgan fingerprint density at radius 1 is 1.21 bits per heavy atom. The molecule has 0 radical (unpaired) electrons. The highest BCUT2D eigenvalue weighted by molar-refractivity contribution is 7.13. The van der Waals surface area contributed by atoms with Gasteiger partial charge in [0.05, 0.1) is 0 Å². The minimum absolute atomic E-state index is 0.793. The third-order valence-electron chi connectivity index (χ3n) is 2.19. The molecular weight excluding hydrogens is 212 g/mol. The van der Waals surface area contributed by atoms with Gasteiger partial charge in [0.15, 0.2) is 0 Å². The second kappa shape index (κ2) is 4.16. The predicted molar refractivity (Wildman–Crippen MR) is 64.1 cm³/mol. The average Bonchev–Trinajstić information content (AvgIpc) is 2.67. The van der Waals surface area contributed by atoms with Gasteiger partial charge < -0.3 is 0 Å². The van der Waals surface area contributed by atoms with E-state index >= 15 is 0 Å². The normalized spacial score (nSPS) is 10.4. The molecule has 0 unspecified atom stereocenters. The number of halogens is 1. The summed E-state index contributed by atoms with van der Waals surface area (Å²) >= 11 is 7.63. The standard InChI is InChI=1S/C12H11ClS/c1-2-9-7-12(14-8-9)10-3-5-11(13)6-4-10/h3-8H,2H2,1H3. The van der Waals surface area contributed by atoms with Crippen LogP contribution in [0.4, 0.5) is 0 Å². The van der Waals surface area contributed by atoms with Crippen molar-refractivity contribution in [2.75, 3.05) is 0 Å². The van der Waals surface area contributed by atoms with Crippen molar-refractivity contribution in [2.45, 2.75) is 13.3 Å². The first-order valence-corrected chi connectivity index (χ1v) is 5.88. The lowest BCUT2D eigenvalue weighted by Gasteiger charge is -1.96. The minimum atomic E-state index is 0.793. The molecule has 0 spiro atoms. The molecule has 0 aliphatic rings. The van der Waals surface area contributed by atoms with Crippen LogP contribution in [0.3, 0.4) is 0 Å². The Kier molecular flexibility index (Phi) is 2.90. The highest BCUT2D eigenvalue weighted by atomic mass is 35.5. The molecule has 0 aliphatic carbocycles. The molecule has 0 bridgehead atoms. The van der Waals surface area contributed by atoms with E-state index in [-0.39, 0.29) is 0 Å². The second-order valence-corrected chi connectivity index (χ2v) is 4.53. The van der Waals surface area contributed by atoms with Crippen LogP contribution in [-0.2, 0) is 6.42 Å². The van der Waals surface area contributed by atoms with Crippen molar-refractivity contribution in [1.29, 1.82) is 0 Å². The van der Waals surface area contributed by atoms with Gasteiger partial charge in [0.2, 0.25) is 0 Å². The molecule has 1 aromatic carbocycles. The molecule has 0 atom stereocenters. The van der Waals surface area contributed by atoms with Gasteiger partial charge in [-0.15, -0.1) is 11.3 Å². The number of hydrogen-bond donors (Lipinski definition) is 0. The maximum atomic E-state index is 5.84. The van der Waals surface area contributed by atoms with Gasteiger partial charge in [0.25, 0.3) is 0 Å². The number of benzene rings is 1. The molecule has 0 nitrogen and oxygen atoms in total. The van der Waals surface area contributed by atoms with E-state index in [1.54, 1.807) is 11.3 Å². The van der Waals surface area contributed by atoms with Gasteiger partial charge in [-0.25, -0.2) is 0 Å². The summed E-state index contributed by atoms with van der Waals surface area (Å²) in [7, 11) is 0. The van der Waals surface area contributed by atoms with Crippen molar-refractivity contribution >= 4 is 22.9 Å². The molecular formula is C12H11ClS. The third-order valence-corrected chi connectivity index (χ3v) is 3.47. The van der Waals surface area contributed by atoms with E-state index in [0.29, 0.717) is 0 Å². The Bertz CT molecular complexity index is 414. The predicted octanol–water partition coefficient (Wildman–Crippen LogP) is 4.63. The zero-order valence-electron chi connectivity index (χ0n) is 7.96. The first-order valence-electron chi connectivity index (χ1n) is 4.63. The van der Waals surface area contributed by atoms with Crippen LogP contribution in [0.25, 0.3) is 10.4 Å². The summed E-state index contributed by atoms with van der Waals surface area (Å²) < 4.78 is 0. The smallest absolute Gasteiger partial charge is 0.0406 e. The monoisotopic (exact) mass is 222 g/mol. The van der Waals surface area contributed by atoms with Crippen LogP contribution >= 0.6 is 22.9 Å². The lowest BCUT2D eigenvalue weighted by atomic mass is 10.1. The summed E-state index contributed by atoms with van der Waals surface area (Å²) in [6.07, 6.45) is 1.10. The van der Waals surface area contributed by atoms with E-state index < -0.39 is 0 Å². The van der Waals surface area contributed by atoms with Gasteiger partial charge in [-0.3, -0.25) is 0 Å². The fourth-order valence-corrected chi connectivity index (χ4v) is 2.46. The minimum Gasteiger partial charge on any atom is -0.144 e. The van der Waals surface area contributed by atoms with E-state index in [1.165, 1.54) is 16.0 Å². The van der Waals surface area contributed by atoms with Crippen LogP contribution in [0, 0.1) is 0 Å². The van der Waals surface area contributed by atoms with Crippen molar-refractivity contribution in [3.63, 3.8) is 0 Å².